The largest absolute Gasteiger partial charge is 0.465 e. The molecule has 0 radical (unpaired) electrons. The normalized spacial score (nSPS) is 15.0. The van der Waals surface area contributed by atoms with Gasteiger partial charge < -0.3 is 10.1 Å². The van der Waals surface area contributed by atoms with Crippen LogP contribution in [-0.2, 0) is 6.54 Å². The molecule has 0 unspecified atom stereocenters. The maximum Gasteiger partial charge on any atom is 0.414 e. The molecule has 5 nitrogen and oxygen atoms in total. The van der Waals surface area contributed by atoms with Crippen molar-refractivity contribution in [3.63, 3.8) is 0 Å². The van der Waals surface area contributed by atoms with Crippen LogP contribution >= 0.6 is 0 Å². The monoisotopic (exact) mass is 166 g/mol. The molecule has 1 aromatic heterocycles. The number of nitrogens with one attached hydrogen (secondary N) is 1. The minimum atomic E-state index is -1.20. The Morgan fingerprint density at radius 2 is 2.33 bits per heavy atom. The van der Waals surface area contributed by atoms with Crippen LogP contribution in [0.4, 0.5) is 4.79 Å². The number of rotatable bonds is 0. The average Bonchev–Trinajstić information content (AvgIpc) is 2.53. The Morgan fingerprint density at radius 1 is 1.58 bits per heavy atom. The van der Waals surface area contributed by atoms with E-state index in [-0.39, 0.29) is 6.54 Å². The molecule has 0 saturated heterocycles. The molecule has 2 heterocycles. The molecule has 0 bridgehead atoms. The Kier molecular flexibility index (Phi) is 1.21. The van der Waals surface area contributed by atoms with Crippen LogP contribution in [0.3, 0.4) is 0 Å². The summed E-state index contributed by atoms with van der Waals surface area (Å²) >= 11 is 0. The van der Waals surface area contributed by atoms with Crippen molar-refractivity contribution in [2.75, 3.05) is 0 Å². The number of nitrogens with zero attached hydrogens (tertiary/aromatic N) is 1. The molecule has 0 spiro atoms. The van der Waals surface area contributed by atoms with Crippen molar-refractivity contribution in [1.82, 2.24) is 9.88 Å². The number of fused-ring (bicyclic) bond motifs is 1. The molecule has 5 heteroatoms. The molecule has 1 aliphatic heterocycles. The van der Waals surface area contributed by atoms with E-state index in [0.29, 0.717) is 5.56 Å². The highest BCUT2D eigenvalue weighted by molar-refractivity contribution is 6.05. The molecule has 1 aliphatic rings. The average molecular weight is 166 g/mol. The summed E-state index contributed by atoms with van der Waals surface area (Å²) < 4.78 is 0. The SMILES string of the molecule is O=C(O)N1Cc2c[nH]cc2C1=O. The van der Waals surface area contributed by atoms with Crippen LogP contribution in [0.2, 0.25) is 0 Å². The van der Waals surface area contributed by atoms with Gasteiger partial charge in [0, 0.05) is 18.0 Å². The smallest absolute Gasteiger partial charge is 0.414 e. The van der Waals surface area contributed by atoms with E-state index in [0.717, 1.165) is 10.5 Å². The molecule has 12 heavy (non-hydrogen) atoms. The fourth-order valence-electron chi connectivity index (χ4n) is 1.27. The molecule has 1 aromatic rings. The summed E-state index contributed by atoms with van der Waals surface area (Å²) in [6.45, 7) is 0.160. The first-order chi connectivity index (χ1) is 5.70. The maximum absolute atomic E-state index is 11.2. The lowest BCUT2D eigenvalue weighted by molar-refractivity contribution is 0.0763. The predicted molar refractivity (Wildman–Crippen MR) is 38.7 cm³/mol. The molecule has 2 rings (SSSR count). The van der Waals surface area contributed by atoms with Crippen molar-refractivity contribution in [1.29, 1.82) is 0 Å². The van der Waals surface area contributed by atoms with Crippen molar-refractivity contribution >= 4 is 12.0 Å². The van der Waals surface area contributed by atoms with Crippen molar-refractivity contribution in [2.45, 2.75) is 6.54 Å². The van der Waals surface area contributed by atoms with E-state index in [4.69, 9.17) is 5.11 Å². The summed E-state index contributed by atoms with van der Waals surface area (Å²) in [6, 6.07) is 0. The summed E-state index contributed by atoms with van der Waals surface area (Å²) in [6.07, 6.45) is 1.95. The van der Waals surface area contributed by atoms with Gasteiger partial charge in [-0.05, 0) is 0 Å². The Labute approximate surface area is 67.6 Å². The molecule has 0 atom stereocenters. The Balaban J connectivity index is 2.39. The third-order valence-electron chi connectivity index (χ3n) is 1.87. The van der Waals surface area contributed by atoms with Crippen LogP contribution in [0.5, 0.6) is 0 Å². The minimum Gasteiger partial charge on any atom is -0.465 e. The Hall–Kier alpha value is -1.78. The standard InChI is InChI=1S/C7H6N2O3/c10-6-5-2-8-1-4(5)3-9(6)7(11)12/h1-2,8H,3H2,(H,11,12). The van der Waals surface area contributed by atoms with E-state index >= 15 is 0 Å². The van der Waals surface area contributed by atoms with Gasteiger partial charge in [0.25, 0.3) is 5.91 Å². The lowest BCUT2D eigenvalue weighted by atomic mass is 10.2. The number of hydrogen-bond acceptors (Lipinski definition) is 2. The van der Waals surface area contributed by atoms with Gasteiger partial charge in [-0.15, -0.1) is 0 Å². The van der Waals surface area contributed by atoms with Crippen LogP contribution in [-0.4, -0.2) is 27.0 Å². The van der Waals surface area contributed by atoms with Crippen molar-refractivity contribution in [3.8, 4) is 0 Å². The first-order valence-electron chi connectivity index (χ1n) is 3.40. The van der Waals surface area contributed by atoms with E-state index in [2.05, 4.69) is 4.98 Å². The van der Waals surface area contributed by atoms with Gasteiger partial charge in [0.1, 0.15) is 0 Å². The van der Waals surface area contributed by atoms with Gasteiger partial charge in [-0.25, -0.2) is 9.69 Å². The summed E-state index contributed by atoms with van der Waals surface area (Å²) in [5.74, 6) is -0.446. The van der Waals surface area contributed by atoms with E-state index in [9.17, 15) is 9.59 Å². The lowest BCUT2D eigenvalue weighted by Crippen LogP contribution is -2.29. The zero-order chi connectivity index (χ0) is 8.72. The number of H-pyrrole nitrogens is 1. The zero-order valence-electron chi connectivity index (χ0n) is 6.07. The first kappa shape index (κ1) is 6.90. The van der Waals surface area contributed by atoms with E-state index in [1.165, 1.54) is 6.20 Å². The fraction of sp³-hybridized carbons (Fsp3) is 0.143. The van der Waals surface area contributed by atoms with Gasteiger partial charge in [0.05, 0.1) is 12.1 Å². The highest BCUT2D eigenvalue weighted by atomic mass is 16.4. The Morgan fingerprint density at radius 3 is 2.92 bits per heavy atom. The van der Waals surface area contributed by atoms with Crippen LogP contribution in [0.25, 0.3) is 0 Å². The van der Waals surface area contributed by atoms with Gasteiger partial charge in [0.2, 0.25) is 0 Å². The van der Waals surface area contributed by atoms with Crippen molar-refractivity contribution in [2.24, 2.45) is 0 Å². The minimum absolute atomic E-state index is 0.160. The Bertz CT molecular complexity index is 355. The molecule has 0 aromatic carbocycles. The molecule has 0 saturated carbocycles. The van der Waals surface area contributed by atoms with Crippen molar-refractivity contribution < 1.29 is 14.7 Å². The molecule has 0 aliphatic carbocycles. The molecule has 2 amide bonds. The number of imide groups is 1. The maximum atomic E-state index is 11.2. The van der Waals surface area contributed by atoms with E-state index < -0.39 is 12.0 Å². The topological polar surface area (TPSA) is 73.4 Å². The number of hydrogen-bond donors (Lipinski definition) is 2. The predicted octanol–water partition coefficient (Wildman–Crippen LogP) is 0.649. The number of carbonyl (C=O) groups excluding carboxylic acids is 1. The number of amides is 2. The summed E-state index contributed by atoms with van der Waals surface area (Å²) in [4.78, 5) is 25.2. The number of aromatic amines is 1. The summed E-state index contributed by atoms with van der Waals surface area (Å²) in [5, 5.41) is 8.57. The molecule has 62 valence electrons. The third kappa shape index (κ3) is 0.730. The lowest BCUT2D eigenvalue weighted by Gasteiger charge is -2.06. The molecule has 2 N–H and O–H groups in total. The highest BCUT2D eigenvalue weighted by Crippen LogP contribution is 2.21. The summed E-state index contributed by atoms with van der Waals surface area (Å²) in [5.41, 5.74) is 1.19. The van der Waals surface area contributed by atoms with Crippen molar-refractivity contribution in [3.05, 3.63) is 23.5 Å². The number of aromatic nitrogens is 1. The van der Waals surface area contributed by atoms with E-state index in [1.807, 2.05) is 0 Å². The second kappa shape index (κ2) is 2.10. The second-order valence-corrected chi connectivity index (χ2v) is 2.57. The molecular formula is C7H6N2O3. The highest BCUT2D eigenvalue weighted by Gasteiger charge is 2.32. The number of carbonyl (C=O) groups is 2. The van der Waals surface area contributed by atoms with Gasteiger partial charge in [-0.2, -0.15) is 0 Å². The number of carboxylic acid groups (broad SMARTS) is 1. The van der Waals surface area contributed by atoms with Gasteiger partial charge in [-0.3, -0.25) is 4.79 Å². The zero-order valence-corrected chi connectivity index (χ0v) is 6.07. The third-order valence-corrected chi connectivity index (χ3v) is 1.87. The van der Waals surface area contributed by atoms with Gasteiger partial charge in [0.15, 0.2) is 0 Å². The first-order valence-corrected chi connectivity index (χ1v) is 3.40. The second-order valence-electron chi connectivity index (χ2n) is 2.57. The van der Waals surface area contributed by atoms with Gasteiger partial charge >= 0.3 is 6.09 Å². The van der Waals surface area contributed by atoms with Crippen LogP contribution < -0.4 is 0 Å². The molecular weight excluding hydrogens is 160 g/mol. The van der Waals surface area contributed by atoms with E-state index in [1.54, 1.807) is 6.20 Å². The van der Waals surface area contributed by atoms with Crippen LogP contribution in [0, 0.1) is 0 Å². The van der Waals surface area contributed by atoms with Gasteiger partial charge in [-0.1, -0.05) is 0 Å². The van der Waals surface area contributed by atoms with Crippen LogP contribution in [0.15, 0.2) is 12.4 Å². The molecule has 0 fully saturated rings. The fourth-order valence-corrected chi connectivity index (χ4v) is 1.27. The quantitative estimate of drug-likeness (QED) is 0.594. The van der Waals surface area contributed by atoms with Crippen LogP contribution in [0.1, 0.15) is 15.9 Å². The summed E-state index contributed by atoms with van der Waals surface area (Å²) in [7, 11) is 0.